The van der Waals surface area contributed by atoms with Crippen molar-refractivity contribution in [2.45, 2.75) is 32.1 Å². The fourth-order valence-corrected chi connectivity index (χ4v) is 2.68. The minimum absolute atomic E-state index is 0.159. The Bertz CT molecular complexity index is 232. The molecule has 0 atom stereocenters. The molecule has 98 valence electrons. The van der Waals surface area contributed by atoms with Crippen LogP contribution in [0.1, 0.15) is 32.1 Å². The molecule has 2 rings (SSSR count). The standard InChI is InChI=1S/C13H24N2O2/c16-13(15-8-3-6-14-7-9-15)11-17-10-12-4-1-2-5-12/h12,14H,1-11H2. The third kappa shape index (κ3) is 4.28. The summed E-state index contributed by atoms with van der Waals surface area (Å²) in [5, 5.41) is 3.30. The maximum Gasteiger partial charge on any atom is 0.248 e. The third-order valence-electron chi connectivity index (χ3n) is 3.75. The molecule has 0 unspecified atom stereocenters. The number of rotatable bonds is 4. The highest BCUT2D eigenvalue weighted by Gasteiger charge is 2.18. The normalized spacial score (nSPS) is 22.7. The van der Waals surface area contributed by atoms with Gasteiger partial charge in [0.15, 0.2) is 0 Å². The summed E-state index contributed by atoms with van der Waals surface area (Å²) >= 11 is 0. The van der Waals surface area contributed by atoms with Gasteiger partial charge in [-0.2, -0.15) is 0 Å². The molecule has 1 saturated carbocycles. The van der Waals surface area contributed by atoms with E-state index in [1.807, 2.05) is 4.90 Å². The van der Waals surface area contributed by atoms with E-state index in [2.05, 4.69) is 5.32 Å². The van der Waals surface area contributed by atoms with Crippen LogP contribution in [0.25, 0.3) is 0 Å². The molecule has 1 amide bonds. The first-order valence-electron chi connectivity index (χ1n) is 6.92. The van der Waals surface area contributed by atoms with Crippen molar-refractivity contribution in [3.8, 4) is 0 Å². The van der Waals surface area contributed by atoms with E-state index in [1.54, 1.807) is 0 Å². The zero-order valence-electron chi connectivity index (χ0n) is 10.6. The van der Waals surface area contributed by atoms with E-state index >= 15 is 0 Å². The molecule has 0 aromatic heterocycles. The molecular weight excluding hydrogens is 216 g/mol. The Kier molecular flexibility index (Phi) is 5.26. The number of hydrogen-bond donors (Lipinski definition) is 1. The summed E-state index contributed by atoms with van der Waals surface area (Å²) in [5.74, 6) is 0.861. The van der Waals surface area contributed by atoms with E-state index in [9.17, 15) is 4.79 Å². The van der Waals surface area contributed by atoms with Crippen LogP contribution in [0.15, 0.2) is 0 Å². The second-order valence-electron chi connectivity index (χ2n) is 5.15. The van der Waals surface area contributed by atoms with Crippen LogP contribution in [0.2, 0.25) is 0 Å². The van der Waals surface area contributed by atoms with Gasteiger partial charge in [0.25, 0.3) is 0 Å². The Morgan fingerprint density at radius 2 is 2.00 bits per heavy atom. The summed E-state index contributed by atoms with van der Waals surface area (Å²) in [6, 6.07) is 0. The quantitative estimate of drug-likeness (QED) is 0.797. The first kappa shape index (κ1) is 12.8. The van der Waals surface area contributed by atoms with Crippen molar-refractivity contribution in [3.63, 3.8) is 0 Å². The van der Waals surface area contributed by atoms with Gasteiger partial charge in [0, 0.05) is 19.6 Å². The van der Waals surface area contributed by atoms with Crippen LogP contribution in [-0.2, 0) is 9.53 Å². The predicted octanol–water partition coefficient (Wildman–Crippen LogP) is 1.02. The van der Waals surface area contributed by atoms with Crippen LogP contribution in [0.3, 0.4) is 0 Å². The molecule has 0 aromatic rings. The summed E-state index contributed by atoms with van der Waals surface area (Å²) in [6.07, 6.45) is 6.28. The van der Waals surface area contributed by atoms with Crippen molar-refractivity contribution < 1.29 is 9.53 Å². The lowest BCUT2D eigenvalue weighted by Gasteiger charge is -2.20. The molecule has 1 aliphatic heterocycles. The summed E-state index contributed by atoms with van der Waals surface area (Å²) < 4.78 is 5.56. The van der Waals surface area contributed by atoms with Gasteiger partial charge in [-0.15, -0.1) is 0 Å². The van der Waals surface area contributed by atoms with Crippen molar-refractivity contribution in [1.29, 1.82) is 0 Å². The van der Waals surface area contributed by atoms with Crippen LogP contribution in [0, 0.1) is 5.92 Å². The molecule has 2 fully saturated rings. The van der Waals surface area contributed by atoms with E-state index in [-0.39, 0.29) is 12.5 Å². The molecule has 0 spiro atoms. The summed E-state index contributed by atoms with van der Waals surface area (Å²) in [5.41, 5.74) is 0. The number of nitrogens with zero attached hydrogens (tertiary/aromatic N) is 1. The number of ether oxygens (including phenoxy) is 1. The Morgan fingerprint density at radius 1 is 1.18 bits per heavy atom. The van der Waals surface area contributed by atoms with Crippen molar-refractivity contribution in [1.82, 2.24) is 10.2 Å². The smallest absolute Gasteiger partial charge is 0.248 e. The van der Waals surface area contributed by atoms with Crippen LogP contribution in [0.5, 0.6) is 0 Å². The average Bonchev–Trinajstić information content (AvgIpc) is 2.69. The summed E-state index contributed by atoms with van der Waals surface area (Å²) in [4.78, 5) is 13.8. The Balaban J connectivity index is 1.61. The van der Waals surface area contributed by atoms with E-state index in [0.717, 1.165) is 39.2 Å². The minimum atomic E-state index is 0.159. The molecule has 0 radical (unpaired) electrons. The van der Waals surface area contributed by atoms with Crippen LogP contribution in [0.4, 0.5) is 0 Å². The van der Waals surface area contributed by atoms with Crippen molar-refractivity contribution in [2.75, 3.05) is 39.4 Å². The zero-order valence-corrected chi connectivity index (χ0v) is 10.6. The second kappa shape index (κ2) is 6.97. The molecule has 0 bridgehead atoms. The highest BCUT2D eigenvalue weighted by atomic mass is 16.5. The fraction of sp³-hybridized carbons (Fsp3) is 0.923. The van der Waals surface area contributed by atoms with Crippen LogP contribution in [-0.4, -0.2) is 50.2 Å². The van der Waals surface area contributed by atoms with E-state index in [1.165, 1.54) is 25.7 Å². The highest BCUT2D eigenvalue weighted by Crippen LogP contribution is 2.24. The minimum Gasteiger partial charge on any atom is -0.371 e. The van der Waals surface area contributed by atoms with Gasteiger partial charge in [-0.1, -0.05) is 12.8 Å². The largest absolute Gasteiger partial charge is 0.371 e. The molecule has 4 nitrogen and oxygen atoms in total. The molecule has 1 N–H and O–H groups in total. The third-order valence-corrected chi connectivity index (χ3v) is 3.75. The van der Waals surface area contributed by atoms with Crippen LogP contribution >= 0.6 is 0 Å². The zero-order chi connectivity index (χ0) is 11.9. The van der Waals surface area contributed by atoms with Gasteiger partial charge in [-0.05, 0) is 31.7 Å². The van der Waals surface area contributed by atoms with E-state index in [4.69, 9.17) is 4.74 Å². The SMILES string of the molecule is O=C(COCC1CCCC1)N1CCCNCC1. The Labute approximate surface area is 104 Å². The van der Waals surface area contributed by atoms with Crippen molar-refractivity contribution in [2.24, 2.45) is 5.92 Å². The van der Waals surface area contributed by atoms with Crippen molar-refractivity contribution >= 4 is 5.91 Å². The fourth-order valence-electron chi connectivity index (χ4n) is 2.68. The number of hydrogen-bond acceptors (Lipinski definition) is 3. The Hall–Kier alpha value is -0.610. The number of carbonyl (C=O) groups excluding carboxylic acids is 1. The number of amides is 1. The summed E-state index contributed by atoms with van der Waals surface area (Å²) in [7, 11) is 0. The van der Waals surface area contributed by atoms with Crippen molar-refractivity contribution in [3.05, 3.63) is 0 Å². The van der Waals surface area contributed by atoms with Gasteiger partial charge in [0.2, 0.25) is 5.91 Å². The second-order valence-corrected chi connectivity index (χ2v) is 5.15. The van der Waals surface area contributed by atoms with Gasteiger partial charge in [-0.3, -0.25) is 4.79 Å². The average molecular weight is 240 g/mol. The molecule has 17 heavy (non-hydrogen) atoms. The first-order valence-corrected chi connectivity index (χ1v) is 6.92. The lowest BCUT2D eigenvalue weighted by Crippen LogP contribution is -2.37. The number of carbonyl (C=O) groups is 1. The molecule has 1 aliphatic carbocycles. The lowest BCUT2D eigenvalue weighted by molar-refractivity contribution is -0.136. The first-order chi connectivity index (χ1) is 8.36. The molecule has 2 aliphatic rings. The predicted molar refractivity (Wildman–Crippen MR) is 66.8 cm³/mol. The van der Waals surface area contributed by atoms with Crippen LogP contribution < -0.4 is 5.32 Å². The summed E-state index contributed by atoms with van der Waals surface area (Å²) in [6.45, 7) is 4.68. The highest BCUT2D eigenvalue weighted by molar-refractivity contribution is 5.77. The monoisotopic (exact) mass is 240 g/mol. The molecule has 0 aromatic carbocycles. The van der Waals surface area contributed by atoms with Gasteiger partial charge >= 0.3 is 0 Å². The lowest BCUT2D eigenvalue weighted by atomic mass is 10.1. The topological polar surface area (TPSA) is 41.6 Å². The maximum absolute atomic E-state index is 11.9. The Morgan fingerprint density at radius 3 is 2.82 bits per heavy atom. The molecular formula is C13H24N2O2. The maximum atomic E-state index is 11.9. The van der Waals surface area contributed by atoms with E-state index in [0.29, 0.717) is 5.92 Å². The van der Waals surface area contributed by atoms with Gasteiger partial charge < -0.3 is 15.0 Å². The van der Waals surface area contributed by atoms with E-state index < -0.39 is 0 Å². The van der Waals surface area contributed by atoms with Gasteiger partial charge in [0.1, 0.15) is 6.61 Å². The van der Waals surface area contributed by atoms with Gasteiger partial charge in [-0.25, -0.2) is 0 Å². The van der Waals surface area contributed by atoms with Gasteiger partial charge in [0.05, 0.1) is 6.61 Å². The number of nitrogens with one attached hydrogen (secondary N) is 1. The molecule has 1 saturated heterocycles. The molecule has 1 heterocycles. The molecule has 4 heteroatoms.